The molecule has 4 N–H and O–H groups in total. The minimum Gasteiger partial charge on any atom is -0.331 e. The summed E-state index contributed by atoms with van der Waals surface area (Å²) in [6.45, 7) is 0. The highest BCUT2D eigenvalue weighted by Gasteiger charge is 2.04. The Bertz CT molecular complexity index is 680. The SMILES string of the molecule is S=C(NNC(=S)Nc1cc(Cl)ccc1Cl)Nc1ccccc1. The Morgan fingerprint density at radius 2 is 1.45 bits per heavy atom. The highest BCUT2D eigenvalue weighted by Crippen LogP contribution is 2.25. The summed E-state index contributed by atoms with van der Waals surface area (Å²) < 4.78 is 0. The van der Waals surface area contributed by atoms with Crippen molar-refractivity contribution in [2.75, 3.05) is 10.6 Å². The molecule has 0 spiro atoms. The van der Waals surface area contributed by atoms with Gasteiger partial charge in [-0.2, -0.15) is 0 Å². The first-order valence-electron chi connectivity index (χ1n) is 6.18. The predicted octanol–water partition coefficient (Wildman–Crippen LogP) is 4.18. The van der Waals surface area contributed by atoms with E-state index >= 15 is 0 Å². The normalized spacial score (nSPS) is 9.73. The molecule has 0 radical (unpaired) electrons. The lowest BCUT2D eigenvalue weighted by atomic mass is 10.3. The second-order valence-corrected chi connectivity index (χ2v) is 5.81. The number of benzene rings is 2. The van der Waals surface area contributed by atoms with Crippen LogP contribution in [0, 0.1) is 0 Å². The molecular weight excluding hydrogens is 359 g/mol. The number of hydrogen-bond acceptors (Lipinski definition) is 2. The van der Waals surface area contributed by atoms with E-state index in [1.165, 1.54) is 0 Å². The van der Waals surface area contributed by atoms with E-state index in [0.717, 1.165) is 5.69 Å². The number of nitrogens with one attached hydrogen (secondary N) is 4. The molecule has 0 heterocycles. The predicted molar refractivity (Wildman–Crippen MR) is 102 cm³/mol. The van der Waals surface area contributed by atoms with E-state index in [4.69, 9.17) is 47.6 Å². The summed E-state index contributed by atoms with van der Waals surface area (Å²) in [7, 11) is 0. The van der Waals surface area contributed by atoms with E-state index in [2.05, 4.69) is 21.5 Å². The number of hydrogen-bond donors (Lipinski definition) is 4. The third-order valence-corrected chi connectivity index (χ3v) is 3.47. The molecule has 2 aromatic rings. The first kappa shape index (κ1) is 16.8. The van der Waals surface area contributed by atoms with Gasteiger partial charge in [0, 0.05) is 10.7 Å². The fourth-order valence-corrected chi connectivity index (χ4v) is 2.21. The first-order chi connectivity index (χ1) is 10.5. The van der Waals surface area contributed by atoms with Gasteiger partial charge in [0.1, 0.15) is 0 Å². The maximum atomic E-state index is 6.04. The molecule has 0 atom stereocenters. The number of thiocarbonyl (C=S) groups is 2. The van der Waals surface area contributed by atoms with Crippen LogP contribution in [0.1, 0.15) is 0 Å². The summed E-state index contributed by atoms with van der Waals surface area (Å²) in [5, 5.41) is 7.69. The van der Waals surface area contributed by atoms with E-state index in [9.17, 15) is 0 Å². The number of rotatable bonds is 2. The fraction of sp³-hybridized carbons (Fsp3) is 0. The smallest absolute Gasteiger partial charge is 0.189 e. The summed E-state index contributed by atoms with van der Waals surface area (Å²) in [5.74, 6) is 0. The Morgan fingerprint density at radius 3 is 2.14 bits per heavy atom. The van der Waals surface area contributed by atoms with Crippen LogP contribution in [0.15, 0.2) is 48.5 Å². The van der Waals surface area contributed by atoms with Crippen molar-refractivity contribution in [3.63, 3.8) is 0 Å². The molecule has 0 bridgehead atoms. The lowest BCUT2D eigenvalue weighted by molar-refractivity contribution is 0.885. The van der Waals surface area contributed by atoms with Crippen molar-refractivity contribution >= 4 is 69.2 Å². The molecule has 0 fully saturated rings. The summed E-state index contributed by atoms with van der Waals surface area (Å²) in [4.78, 5) is 0. The standard InChI is InChI=1S/C14H12Cl2N4S2/c15-9-6-7-11(16)12(8-9)18-14(22)20-19-13(21)17-10-4-2-1-3-5-10/h1-8H,(H2,17,19,21)(H2,18,20,22). The van der Waals surface area contributed by atoms with Crippen molar-refractivity contribution in [3.05, 3.63) is 58.6 Å². The third-order valence-electron chi connectivity index (χ3n) is 2.50. The van der Waals surface area contributed by atoms with Crippen molar-refractivity contribution in [3.8, 4) is 0 Å². The van der Waals surface area contributed by atoms with E-state index in [1.54, 1.807) is 18.2 Å². The van der Waals surface area contributed by atoms with Crippen LogP contribution in [-0.2, 0) is 0 Å². The van der Waals surface area contributed by atoms with Crippen LogP contribution in [0.5, 0.6) is 0 Å². The number of halogens is 2. The molecule has 22 heavy (non-hydrogen) atoms. The molecule has 114 valence electrons. The van der Waals surface area contributed by atoms with Crippen molar-refractivity contribution in [2.45, 2.75) is 0 Å². The van der Waals surface area contributed by atoms with Gasteiger partial charge in [0.2, 0.25) is 0 Å². The van der Waals surface area contributed by atoms with Gasteiger partial charge < -0.3 is 10.6 Å². The maximum absolute atomic E-state index is 6.04. The molecule has 4 nitrogen and oxygen atoms in total. The van der Waals surface area contributed by atoms with Gasteiger partial charge in [0.05, 0.1) is 10.7 Å². The van der Waals surface area contributed by atoms with Gasteiger partial charge in [-0.15, -0.1) is 0 Å². The highest BCUT2D eigenvalue weighted by atomic mass is 35.5. The lowest BCUT2D eigenvalue weighted by Crippen LogP contribution is -2.45. The van der Waals surface area contributed by atoms with Gasteiger partial charge >= 0.3 is 0 Å². The summed E-state index contributed by atoms with van der Waals surface area (Å²) >= 11 is 22.2. The van der Waals surface area contributed by atoms with Crippen LogP contribution in [0.4, 0.5) is 11.4 Å². The molecule has 0 saturated carbocycles. The topological polar surface area (TPSA) is 48.1 Å². The van der Waals surface area contributed by atoms with E-state index in [0.29, 0.717) is 26.0 Å². The molecule has 0 aliphatic rings. The molecule has 0 aliphatic heterocycles. The molecule has 0 saturated heterocycles. The van der Waals surface area contributed by atoms with E-state index in [-0.39, 0.29) is 0 Å². The van der Waals surface area contributed by atoms with Crippen LogP contribution in [0.2, 0.25) is 10.0 Å². The van der Waals surface area contributed by atoms with Gasteiger partial charge in [0.15, 0.2) is 10.2 Å². The van der Waals surface area contributed by atoms with Gasteiger partial charge in [0.25, 0.3) is 0 Å². The molecular formula is C14H12Cl2N4S2. The Morgan fingerprint density at radius 1 is 0.818 bits per heavy atom. The molecule has 0 amide bonds. The molecule has 8 heteroatoms. The van der Waals surface area contributed by atoms with Crippen molar-refractivity contribution in [1.82, 2.24) is 10.9 Å². The van der Waals surface area contributed by atoms with Crippen LogP contribution in [0.3, 0.4) is 0 Å². The summed E-state index contributed by atoms with van der Waals surface area (Å²) in [5.41, 5.74) is 7.02. The summed E-state index contributed by atoms with van der Waals surface area (Å²) in [6.07, 6.45) is 0. The van der Waals surface area contributed by atoms with Crippen LogP contribution in [-0.4, -0.2) is 10.2 Å². The van der Waals surface area contributed by atoms with Gasteiger partial charge in [-0.05, 0) is 54.8 Å². The Balaban J connectivity index is 1.82. The lowest BCUT2D eigenvalue weighted by Gasteiger charge is -2.15. The second-order valence-electron chi connectivity index (χ2n) is 4.15. The van der Waals surface area contributed by atoms with E-state index < -0.39 is 0 Å². The Hall–Kier alpha value is -1.60. The third kappa shape index (κ3) is 5.31. The average molecular weight is 371 g/mol. The maximum Gasteiger partial charge on any atom is 0.189 e. The van der Waals surface area contributed by atoms with Gasteiger partial charge in [-0.3, -0.25) is 10.9 Å². The largest absolute Gasteiger partial charge is 0.331 e. The number of anilines is 2. The van der Waals surface area contributed by atoms with Gasteiger partial charge in [-0.1, -0.05) is 41.4 Å². The zero-order valence-electron chi connectivity index (χ0n) is 11.2. The van der Waals surface area contributed by atoms with Crippen LogP contribution in [0.25, 0.3) is 0 Å². The zero-order chi connectivity index (χ0) is 15.9. The monoisotopic (exact) mass is 370 g/mol. The number of hydrazine groups is 1. The minimum atomic E-state index is 0.307. The molecule has 0 aliphatic carbocycles. The van der Waals surface area contributed by atoms with Crippen LogP contribution >= 0.6 is 47.6 Å². The molecule has 2 aromatic carbocycles. The van der Waals surface area contributed by atoms with Crippen molar-refractivity contribution < 1.29 is 0 Å². The highest BCUT2D eigenvalue weighted by molar-refractivity contribution is 7.81. The molecule has 0 unspecified atom stereocenters. The minimum absolute atomic E-state index is 0.307. The summed E-state index contributed by atoms with van der Waals surface area (Å²) in [6, 6.07) is 14.6. The van der Waals surface area contributed by atoms with E-state index in [1.807, 2.05) is 30.3 Å². The zero-order valence-corrected chi connectivity index (χ0v) is 14.3. The Kier molecular flexibility index (Phi) is 6.21. The quantitative estimate of drug-likeness (QED) is 0.469. The first-order valence-corrected chi connectivity index (χ1v) is 7.76. The second kappa shape index (κ2) is 8.14. The molecule has 2 rings (SSSR count). The van der Waals surface area contributed by atoms with Crippen LogP contribution < -0.4 is 21.5 Å². The molecule has 0 aromatic heterocycles. The Labute approximate surface area is 149 Å². The number of para-hydroxylation sites is 1. The van der Waals surface area contributed by atoms with Crippen molar-refractivity contribution in [2.24, 2.45) is 0 Å². The average Bonchev–Trinajstić information content (AvgIpc) is 2.50. The fourth-order valence-electron chi connectivity index (χ4n) is 1.54. The van der Waals surface area contributed by atoms with Crippen molar-refractivity contribution in [1.29, 1.82) is 0 Å². The van der Waals surface area contributed by atoms with Gasteiger partial charge in [-0.25, -0.2) is 0 Å².